The maximum Gasteiger partial charge on any atom is 0.0481 e. The van der Waals surface area contributed by atoms with E-state index in [0.29, 0.717) is 12.0 Å². The number of nitrogens with zero attached hydrogens (tertiary/aromatic N) is 2. The highest BCUT2D eigenvalue weighted by Gasteiger charge is 2.27. The predicted octanol–water partition coefficient (Wildman–Crippen LogP) is 3.13. The number of nitrogens with two attached hydrogens (primary N) is 1. The minimum absolute atomic E-state index is 0.641. The van der Waals surface area contributed by atoms with E-state index in [0.717, 1.165) is 13.1 Å². The number of para-hydroxylation sites is 1. The Morgan fingerprint density at radius 3 is 2.81 bits per heavy atom. The van der Waals surface area contributed by atoms with E-state index in [2.05, 4.69) is 54.0 Å². The Morgan fingerprint density at radius 1 is 1.24 bits per heavy atom. The van der Waals surface area contributed by atoms with Gasteiger partial charge < -0.3 is 10.3 Å². The first-order chi connectivity index (χ1) is 10.2. The summed E-state index contributed by atoms with van der Waals surface area (Å²) in [6.07, 6.45) is 7.56. The van der Waals surface area contributed by atoms with Gasteiger partial charge in [0, 0.05) is 36.7 Å². The molecule has 1 fully saturated rings. The van der Waals surface area contributed by atoms with Gasteiger partial charge in [0.25, 0.3) is 0 Å². The van der Waals surface area contributed by atoms with Crippen LogP contribution in [0.15, 0.2) is 30.5 Å². The Hall–Kier alpha value is -1.32. The highest BCUT2D eigenvalue weighted by Crippen LogP contribution is 2.29. The number of hydrogen-bond donors (Lipinski definition) is 1. The van der Waals surface area contributed by atoms with Gasteiger partial charge in [-0.1, -0.05) is 31.0 Å². The van der Waals surface area contributed by atoms with Crippen molar-refractivity contribution in [1.82, 2.24) is 9.47 Å². The molecule has 21 heavy (non-hydrogen) atoms. The monoisotopic (exact) mass is 285 g/mol. The van der Waals surface area contributed by atoms with Gasteiger partial charge >= 0.3 is 0 Å². The molecule has 1 saturated carbocycles. The molecule has 3 nitrogen and oxygen atoms in total. The van der Waals surface area contributed by atoms with Crippen molar-refractivity contribution >= 4 is 10.9 Å². The minimum Gasteiger partial charge on any atom is -0.350 e. The van der Waals surface area contributed by atoms with E-state index in [1.54, 1.807) is 0 Å². The lowest BCUT2D eigenvalue weighted by atomic mass is 9.83. The van der Waals surface area contributed by atoms with Crippen LogP contribution in [0.2, 0.25) is 0 Å². The molecule has 0 radical (unpaired) electrons. The number of fused-ring (bicyclic) bond motifs is 1. The lowest BCUT2D eigenvalue weighted by molar-refractivity contribution is 0.128. The lowest BCUT2D eigenvalue weighted by Gasteiger charge is -2.37. The number of rotatable bonds is 4. The van der Waals surface area contributed by atoms with Crippen LogP contribution in [0.4, 0.5) is 0 Å². The van der Waals surface area contributed by atoms with E-state index in [9.17, 15) is 0 Å². The van der Waals surface area contributed by atoms with Gasteiger partial charge in [-0.3, -0.25) is 4.90 Å². The number of benzene rings is 1. The zero-order chi connectivity index (χ0) is 14.8. The summed E-state index contributed by atoms with van der Waals surface area (Å²) in [4.78, 5) is 2.53. The van der Waals surface area contributed by atoms with Gasteiger partial charge in [0.05, 0.1) is 0 Å². The smallest absolute Gasteiger partial charge is 0.0481 e. The molecule has 1 aliphatic carbocycles. The highest BCUT2D eigenvalue weighted by molar-refractivity contribution is 5.83. The van der Waals surface area contributed by atoms with Crippen molar-refractivity contribution < 1.29 is 0 Å². The van der Waals surface area contributed by atoms with Crippen LogP contribution in [0.25, 0.3) is 10.9 Å². The minimum atomic E-state index is 0.641. The van der Waals surface area contributed by atoms with Crippen LogP contribution < -0.4 is 5.73 Å². The van der Waals surface area contributed by atoms with E-state index in [1.807, 2.05) is 0 Å². The molecule has 1 aromatic carbocycles. The second kappa shape index (κ2) is 6.20. The van der Waals surface area contributed by atoms with Crippen LogP contribution in [0.5, 0.6) is 0 Å². The Labute approximate surface area is 127 Å². The van der Waals surface area contributed by atoms with Crippen LogP contribution in [0, 0.1) is 5.92 Å². The molecule has 2 unspecified atom stereocenters. The molecule has 1 aromatic heterocycles. The summed E-state index contributed by atoms with van der Waals surface area (Å²) in [6.45, 7) is 1.84. The van der Waals surface area contributed by atoms with Crippen molar-refractivity contribution in [3.8, 4) is 0 Å². The predicted molar refractivity (Wildman–Crippen MR) is 89.2 cm³/mol. The molecule has 0 spiro atoms. The van der Waals surface area contributed by atoms with Gasteiger partial charge in [0.15, 0.2) is 0 Å². The fourth-order valence-corrected chi connectivity index (χ4v) is 3.98. The van der Waals surface area contributed by atoms with E-state index in [-0.39, 0.29) is 0 Å². The lowest BCUT2D eigenvalue weighted by Crippen LogP contribution is -2.42. The molecule has 2 atom stereocenters. The third kappa shape index (κ3) is 2.85. The summed E-state index contributed by atoms with van der Waals surface area (Å²) in [6, 6.07) is 9.32. The van der Waals surface area contributed by atoms with Gasteiger partial charge in [-0.15, -0.1) is 0 Å². The topological polar surface area (TPSA) is 34.2 Å². The summed E-state index contributed by atoms with van der Waals surface area (Å²) in [7, 11) is 4.40. The van der Waals surface area contributed by atoms with Crippen LogP contribution in [-0.2, 0) is 13.6 Å². The third-order valence-corrected chi connectivity index (χ3v) is 5.14. The Bertz CT molecular complexity index is 602. The average molecular weight is 285 g/mol. The Kier molecular flexibility index (Phi) is 4.32. The van der Waals surface area contributed by atoms with Gasteiger partial charge in [0.1, 0.15) is 0 Å². The molecule has 3 heteroatoms. The first kappa shape index (κ1) is 14.6. The second-order valence-corrected chi connectivity index (χ2v) is 6.55. The molecule has 0 amide bonds. The van der Waals surface area contributed by atoms with Crippen molar-refractivity contribution in [1.29, 1.82) is 0 Å². The van der Waals surface area contributed by atoms with Crippen LogP contribution in [0.3, 0.4) is 0 Å². The largest absolute Gasteiger partial charge is 0.350 e. The second-order valence-electron chi connectivity index (χ2n) is 6.55. The van der Waals surface area contributed by atoms with Crippen molar-refractivity contribution in [2.24, 2.45) is 18.7 Å². The van der Waals surface area contributed by atoms with E-state index >= 15 is 0 Å². The standard InChI is InChI=1S/C18H27N3/c1-20(17-9-5-3-7-14(17)11-19)12-15-13-21(2)18-10-6-4-8-16(15)18/h4,6,8,10,13-14,17H,3,5,7,9,11-12,19H2,1-2H3. The van der Waals surface area contributed by atoms with Crippen LogP contribution in [0.1, 0.15) is 31.2 Å². The molecule has 2 aromatic rings. The van der Waals surface area contributed by atoms with E-state index < -0.39 is 0 Å². The summed E-state index contributed by atoms with van der Waals surface area (Å²) >= 11 is 0. The molecule has 2 N–H and O–H groups in total. The molecule has 114 valence electrons. The zero-order valence-corrected chi connectivity index (χ0v) is 13.3. The van der Waals surface area contributed by atoms with Gasteiger partial charge in [-0.2, -0.15) is 0 Å². The Morgan fingerprint density at radius 2 is 2.00 bits per heavy atom. The maximum absolute atomic E-state index is 5.99. The Balaban J connectivity index is 1.81. The van der Waals surface area contributed by atoms with E-state index in [4.69, 9.17) is 5.73 Å². The van der Waals surface area contributed by atoms with Crippen molar-refractivity contribution in [2.45, 2.75) is 38.3 Å². The first-order valence-electron chi connectivity index (χ1n) is 8.14. The fourth-order valence-electron chi connectivity index (χ4n) is 3.98. The molecule has 1 heterocycles. The summed E-state index contributed by atoms with van der Waals surface area (Å²) in [5.41, 5.74) is 8.74. The van der Waals surface area contributed by atoms with Gasteiger partial charge in [0.2, 0.25) is 0 Å². The number of hydrogen-bond acceptors (Lipinski definition) is 2. The van der Waals surface area contributed by atoms with E-state index in [1.165, 1.54) is 42.1 Å². The molecular formula is C18H27N3. The third-order valence-electron chi connectivity index (χ3n) is 5.14. The number of aromatic nitrogens is 1. The molecule has 0 bridgehead atoms. The summed E-state index contributed by atoms with van der Waals surface area (Å²) in [5.74, 6) is 0.665. The number of aryl methyl sites for hydroxylation is 1. The highest BCUT2D eigenvalue weighted by atomic mass is 15.1. The van der Waals surface area contributed by atoms with Gasteiger partial charge in [-0.05, 0) is 44.0 Å². The molecule has 3 rings (SSSR count). The maximum atomic E-state index is 5.99. The molecule has 0 aliphatic heterocycles. The molecule has 1 aliphatic rings. The first-order valence-corrected chi connectivity index (χ1v) is 8.14. The fraction of sp³-hybridized carbons (Fsp3) is 0.556. The van der Waals surface area contributed by atoms with Crippen molar-refractivity contribution in [3.63, 3.8) is 0 Å². The SMILES string of the molecule is CN(Cc1cn(C)c2ccccc12)C1CCCCC1CN. The molecule has 0 saturated heterocycles. The van der Waals surface area contributed by atoms with Crippen molar-refractivity contribution in [3.05, 3.63) is 36.0 Å². The molecular weight excluding hydrogens is 258 g/mol. The normalized spacial score (nSPS) is 23.0. The quantitative estimate of drug-likeness (QED) is 0.936. The summed E-state index contributed by atoms with van der Waals surface area (Å²) < 4.78 is 2.24. The van der Waals surface area contributed by atoms with Crippen molar-refractivity contribution in [2.75, 3.05) is 13.6 Å². The summed E-state index contributed by atoms with van der Waals surface area (Å²) in [5, 5.41) is 1.38. The van der Waals surface area contributed by atoms with Crippen LogP contribution >= 0.6 is 0 Å². The zero-order valence-electron chi connectivity index (χ0n) is 13.3. The van der Waals surface area contributed by atoms with Crippen LogP contribution in [-0.4, -0.2) is 29.1 Å². The van der Waals surface area contributed by atoms with Gasteiger partial charge in [-0.25, -0.2) is 0 Å². The average Bonchev–Trinajstić information content (AvgIpc) is 2.84.